The lowest BCUT2D eigenvalue weighted by Crippen LogP contribution is -2.43. The smallest absolute Gasteiger partial charge is 0.331 e. The van der Waals surface area contributed by atoms with Crippen LogP contribution in [0.2, 0.25) is 0 Å². The van der Waals surface area contributed by atoms with Gasteiger partial charge in [-0.05, 0) is 29.8 Å². The number of phenols is 1. The van der Waals surface area contributed by atoms with Crippen LogP contribution >= 0.6 is 0 Å². The minimum absolute atomic E-state index is 0.0929. The molecular weight excluding hydrogens is 304 g/mol. The van der Waals surface area contributed by atoms with Gasteiger partial charge in [-0.2, -0.15) is 0 Å². The molecule has 1 aliphatic carbocycles. The van der Waals surface area contributed by atoms with Gasteiger partial charge in [0, 0.05) is 18.1 Å². The van der Waals surface area contributed by atoms with E-state index in [1.165, 1.54) is 18.2 Å². The summed E-state index contributed by atoms with van der Waals surface area (Å²) < 4.78 is 4.98. The van der Waals surface area contributed by atoms with E-state index in [0.29, 0.717) is 5.56 Å². The van der Waals surface area contributed by atoms with Crippen molar-refractivity contribution in [3.8, 4) is 5.75 Å². The van der Waals surface area contributed by atoms with Crippen LogP contribution in [0.15, 0.2) is 42.0 Å². The Balaban J connectivity index is 2.04. The molecule has 1 aliphatic rings. The molecule has 0 spiro atoms. The molecule has 122 valence electrons. The van der Waals surface area contributed by atoms with Crippen molar-refractivity contribution >= 4 is 18.0 Å². The molecule has 7 nitrogen and oxygen atoms in total. The summed E-state index contributed by atoms with van der Waals surface area (Å²) in [6.45, 7) is 0. The van der Waals surface area contributed by atoms with Crippen LogP contribution in [0.4, 0.5) is 0 Å². The van der Waals surface area contributed by atoms with E-state index in [1.807, 2.05) is 0 Å². The zero-order valence-electron chi connectivity index (χ0n) is 12.0. The molecule has 0 radical (unpaired) electrons. The molecule has 23 heavy (non-hydrogen) atoms. The van der Waals surface area contributed by atoms with Crippen LogP contribution in [0.3, 0.4) is 0 Å². The Hall–Kier alpha value is -2.64. The molecule has 0 aliphatic heterocycles. The van der Waals surface area contributed by atoms with Gasteiger partial charge < -0.3 is 25.2 Å². The molecule has 0 saturated carbocycles. The minimum atomic E-state index is -1.39. The summed E-state index contributed by atoms with van der Waals surface area (Å²) in [6.07, 6.45) is -0.486. The van der Waals surface area contributed by atoms with Gasteiger partial charge in [0.05, 0.1) is 6.10 Å². The number of aliphatic hydroxyl groups is 2. The molecule has 4 N–H and O–H groups in total. The summed E-state index contributed by atoms with van der Waals surface area (Å²) in [5.74, 6) is -1.94. The molecule has 0 unspecified atom stereocenters. The maximum atomic E-state index is 11.8. The topological polar surface area (TPSA) is 124 Å². The lowest BCUT2D eigenvalue weighted by Gasteiger charge is -2.28. The number of rotatable bonds is 4. The maximum absolute atomic E-state index is 11.8. The average Bonchev–Trinajstić information content (AvgIpc) is 2.51. The average molecular weight is 320 g/mol. The number of carbonyl (C=O) groups excluding carboxylic acids is 1. The molecule has 1 aromatic carbocycles. The Labute approximate surface area is 131 Å². The number of aliphatic hydroxyl groups excluding tert-OH is 2. The zero-order valence-corrected chi connectivity index (χ0v) is 12.0. The van der Waals surface area contributed by atoms with Gasteiger partial charge >= 0.3 is 11.9 Å². The van der Waals surface area contributed by atoms with E-state index in [-0.39, 0.29) is 17.7 Å². The van der Waals surface area contributed by atoms with E-state index in [1.54, 1.807) is 12.1 Å². The van der Waals surface area contributed by atoms with Crippen molar-refractivity contribution in [3.05, 3.63) is 47.6 Å². The standard InChI is InChI=1S/C16H16O7/c17-11-4-1-9(2-5-11)3-6-14(19)23-13-8-10(16(21)22)7-12(18)15(13)20/h1-6,8,12-13,15,17-18,20H,7H2,(H,21,22)/t12-,13-,15+/m1/s1. The number of esters is 1. The Bertz CT molecular complexity index is 645. The van der Waals surface area contributed by atoms with Crippen LogP contribution < -0.4 is 0 Å². The summed E-state index contributed by atoms with van der Waals surface area (Å²) in [7, 11) is 0. The molecule has 3 atom stereocenters. The number of carboxylic acid groups (broad SMARTS) is 1. The number of carboxylic acids is 1. The van der Waals surface area contributed by atoms with Gasteiger partial charge in [-0.1, -0.05) is 12.1 Å². The van der Waals surface area contributed by atoms with Crippen LogP contribution in [-0.4, -0.2) is 50.7 Å². The lowest BCUT2D eigenvalue weighted by atomic mass is 9.92. The van der Waals surface area contributed by atoms with Crippen molar-refractivity contribution < 1.29 is 34.8 Å². The molecule has 0 amide bonds. The normalized spacial score (nSPS) is 24.3. The van der Waals surface area contributed by atoms with E-state index in [4.69, 9.17) is 14.9 Å². The second-order valence-corrected chi connectivity index (χ2v) is 5.09. The number of hydrogen-bond acceptors (Lipinski definition) is 6. The zero-order chi connectivity index (χ0) is 17.0. The molecule has 0 heterocycles. The monoisotopic (exact) mass is 320 g/mol. The Morgan fingerprint density at radius 1 is 1.17 bits per heavy atom. The molecule has 2 rings (SSSR count). The van der Waals surface area contributed by atoms with E-state index in [0.717, 1.165) is 12.2 Å². The fourth-order valence-electron chi connectivity index (χ4n) is 2.12. The van der Waals surface area contributed by atoms with Gasteiger partial charge in [-0.15, -0.1) is 0 Å². The SMILES string of the molecule is O=C(C=Cc1ccc(O)cc1)O[C@@H]1C=C(C(=O)O)C[C@@H](O)[C@@H]1O. The fraction of sp³-hybridized carbons (Fsp3) is 0.250. The van der Waals surface area contributed by atoms with Gasteiger partial charge in [0.1, 0.15) is 18.0 Å². The van der Waals surface area contributed by atoms with Gasteiger partial charge in [0.2, 0.25) is 0 Å². The molecule has 0 fully saturated rings. The first-order chi connectivity index (χ1) is 10.9. The van der Waals surface area contributed by atoms with Crippen molar-refractivity contribution in [3.63, 3.8) is 0 Å². The summed E-state index contributed by atoms with van der Waals surface area (Å²) in [5, 5.41) is 37.5. The van der Waals surface area contributed by atoms with Crippen molar-refractivity contribution in [2.45, 2.75) is 24.7 Å². The van der Waals surface area contributed by atoms with Crippen molar-refractivity contribution in [2.24, 2.45) is 0 Å². The summed E-state index contributed by atoms with van der Waals surface area (Å²) in [6, 6.07) is 6.07. The van der Waals surface area contributed by atoms with Gasteiger partial charge in [0.25, 0.3) is 0 Å². The summed E-state index contributed by atoms with van der Waals surface area (Å²) in [4.78, 5) is 22.7. The van der Waals surface area contributed by atoms with Crippen molar-refractivity contribution in [1.29, 1.82) is 0 Å². The second-order valence-electron chi connectivity index (χ2n) is 5.09. The first-order valence-corrected chi connectivity index (χ1v) is 6.84. The number of benzene rings is 1. The maximum Gasteiger partial charge on any atom is 0.331 e. The van der Waals surface area contributed by atoms with E-state index in [9.17, 15) is 19.8 Å². The lowest BCUT2D eigenvalue weighted by molar-refractivity contribution is -0.151. The number of ether oxygens (including phenoxy) is 1. The Kier molecular flexibility index (Phi) is 5.15. The summed E-state index contributed by atoms with van der Waals surface area (Å²) in [5.41, 5.74) is 0.522. The highest BCUT2D eigenvalue weighted by Gasteiger charge is 2.34. The number of aromatic hydroxyl groups is 1. The summed E-state index contributed by atoms with van der Waals surface area (Å²) >= 11 is 0. The van der Waals surface area contributed by atoms with E-state index < -0.39 is 30.3 Å². The second kappa shape index (κ2) is 7.08. The van der Waals surface area contributed by atoms with Gasteiger partial charge in [-0.3, -0.25) is 0 Å². The highest BCUT2D eigenvalue weighted by Crippen LogP contribution is 2.22. The number of hydrogen-bond donors (Lipinski definition) is 4. The first kappa shape index (κ1) is 16.7. The molecule has 7 heteroatoms. The molecule has 0 aromatic heterocycles. The predicted octanol–water partition coefficient (Wildman–Crippen LogP) is 0.454. The predicted molar refractivity (Wildman–Crippen MR) is 79.4 cm³/mol. The Morgan fingerprint density at radius 2 is 1.83 bits per heavy atom. The number of aliphatic carboxylic acids is 1. The first-order valence-electron chi connectivity index (χ1n) is 6.84. The van der Waals surface area contributed by atoms with Crippen LogP contribution in [0, 0.1) is 0 Å². The van der Waals surface area contributed by atoms with E-state index in [2.05, 4.69) is 0 Å². The third kappa shape index (κ3) is 4.41. The highest BCUT2D eigenvalue weighted by molar-refractivity contribution is 5.88. The van der Waals surface area contributed by atoms with Gasteiger partial charge in [-0.25, -0.2) is 9.59 Å². The van der Waals surface area contributed by atoms with Gasteiger partial charge in [0.15, 0.2) is 0 Å². The minimum Gasteiger partial charge on any atom is -0.508 e. The largest absolute Gasteiger partial charge is 0.508 e. The molecular formula is C16H16O7. The van der Waals surface area contributed by atoms with Crippen LogP contribution in [0.5, 0.6) is 5.75 Å². The quantitative estimate of drug-likeness (QED) is 0.469. The van der Waals surface area contributed by atoms with Crippen LogP contribution in [-0.2, 0) is 14.3 Å². The molecule has 0 saturated heterocycles. The Morgan fingerprint density at radius 3 is 2.43 bits per heavy atom. The van der Waals surface area contributed by atoms with Crippen LogP contribution in [0.25, 0.3) is 6.08 Å². The molecule has 0 bridgehead atoms. The fourth-order valence-corrected chi connectivity index (χ4v) is 2.12. The number of phenolic OH excluding ortho intramolecular Hbond substituents is 1. The number of carbonyl (C=O) groups is 2. The third-order valence-electron chi connectivity index (χ3n) is 3.36. The van der Waals surface area contributed by atoms with Crippen molar-refractivity contribution in [2.75, 3.05) is 0 Å². The molecule has 1 aromatic rings. The highest BCUT2D eigenvalue weighted by atomic mass is 16.6. The van der Waals surface area contributed by atoms with Crippen LogP contribution in [0.1, 0.15) is 12.0 Å². The van der Waals surface area contributed by atoms with Crippen molar-refractivity contribution in [1.82, 2.24) is 0 Å². The van der Waals surface area contributed by atoms with E-state index >= 15 is 0 Å². The third-order valence-corrected chi connectivity index (χ3v) is 3.36.